The van der Waals surface area contributed by atoms with Crippen LogP contribution in [-0.2, 0) is 6.54 Å². The number of nitrogens with one attached hydrogen (secondary N) is 1. The number of aryl methyl sites for hydroxylation is 3. The van der Waals surface area contributed by atoms with Crippen LogP contribution in [0.2, 0.25) is 0 Å². The molecule has 146 valence electrons. The molecule has 3 aromatic heterocycles. The SMILES string of the molecule is Cc1ccc(-c2nc(C)c(C(=O)Nc3ccn(Cc4ccccn4)n3)s2)c(C)c1. The molecule has 0 atom stereocenters. The van der Waals surface area contributed by atoms with Crippen LogP contribution >= 0.6 is 11.3 Å². The first-order valence-corrected chi connectivity index (χ1v) is 10.1. The fourth-order valence-electron chi connectivity index (χ4n) is 3.12. The maximum atomic E-state index is 12.8. The first-order chi connectivity index (χ1) is 14.0. The predicted octanol–water partition coefficient (Wildman–Crippen LogP) is 4.63. The van der Waals surface area contributed by atoms with Crippen LogP contribution in [0.3, 0.4) is 0 Å². The van der Waals surface area contributed by atoms with Crippen molar-refractivity contribution in [1.29, 1.82) is 0 Å². The maximum Gasteiger partial charge on any atom is 0.268 e. The zero-order valence-corrected chi connectivity index (χ0v) is 17.3. The summed E-state index contributed by atoms with van der Waals surface area (Å²) in [6.45, 7) is 6.54. The Morgan fingerprint density at radius 2 is 2.00 bits per heavy atom. The van der Waals surface area contributed by atoms with Crippen LogP contribution in [0.4, 0.5) is 5.82 Å². The first-order valence-electron chi connectivity index (χ1n) is 9.29. The average Bonchev–Trinajstić information content (AvgIpc) is 3.29. The van der Waals surface area contributed by atoms with Crippen LogP contribution in [0.25, 0.3) is 10.6 Å². The van der Waals surface area contributed by atoms with Gasteiger partial charge in [0.05, 0.1) is 17.9 Å². The summed E-state index contributed by atoms with van der Waals surface area (Å²) in [6, 6.07) is 13.8. The minimum absolute atomic E-state index is 0.195. The van der Waals surface area contributed by atoms with Gasteiger partial charge in [-0.3, -0.25) is 14.5 Å². The van der Waals surface area contributed by atoms with Gasteiger partial charge in [0.15, 0.2) is 5.82 Å². The quantitative estimate of drug-likeness (QED) is 0.527. The molecule has 0 aliphatic carbocycles. The number of amides is 1. The largest absolute Gasteiger partial charge is 0.304 e. The molecule has 4 aromatic rings. The normalized spacial score (nSPS) is 10.9. The highest BCUT2D eigenvalue weighted by molar-refractivity contribution is 7.17. The van der Waals surface area contributed by atoms with Gasteiger partial charge in [-0.05, 0) is 38.5 Å². The van der Waals surface area contributed by atoms with Crippen molar-refractivity contribution in [3.05, 3.63) is 82.3 Å². The van der Waals surface area contributed by atoms with E-state index >= 15 is 0 Å². The zero-order chi connectivity index (χ0) is 20.4. The van der Waals surface area contributed by atoms with Crippen molar-refractivity contribution < 1.29 is 4.79 Å². The van der Waals surface area contributed by atoms with Gasteiger partial charge in [-0.15, -0.1) is 11.3 Å². The molecule has 0 radical (unpaired) electrons. The van der Waals surface area contributed by atoms with Gasteiger partial charge in [0, 0.05) is 24.0 Å². The lowest BCUT2D eigenvalue weighted by Gasteiger charge is -2.03. The number of carbonyl (C=O) groups is 1. The molecule has 1 N–H and O–H groups in total. The molecule has 4 rings (SSSR count). The van der Waals surface area contributed by atoms with Crippen LogP contribution in [0.15, 0.2) is 54.9 Å². The van der Waals surface area contributed by atoms with E-state index in [1.807, 2.05) is 31.3 Å². The van der Waals surface area contributed by atoms with Crippen LogP contribution in [0, 0.1) is 20.8 Å². The Morgan fingerprint density at radius 3 is 2.76 bits per heavy atom. The van der Waals surface area contributed by atoms with Crippen molar-refractivity contribution in [2.75, 3.05) is 5.32 Å². The molecule has 6 nitrogen and oxygen atoms in total. The van der Waals surface area contributed by atoms with Gasteiger partial charge in [0.2, 0.25) is 0 Å². The number of nitrogens with zero attached hydrogens (tertiary/aromatic N) is 4. The molecule has 0 spiro atoms. The molecule has 0 aliphatic rings. The second-order valence-corrected chi connectivity index (χ2v) is 7.92. The first kappa shape index (κ1) is 19.0. The second kappa shape index (κ2) is 7.97. The number of anilines is 1. The fraction of sp³-hybridized carbons (Fsp3) is 0.182. The third kappa shape index (κ3) is 4.25. The molecule has 1 amide bonds. The Hall–Kier alpha value is -3.32. The monoisotopic (exact) mass is 403 g/mol. The Morgan fingerprint density at radius 1 is 1.14 bits per heavy atom. The lowest BCUT2D eigenvalue weighted by Crippen LogP contribution is -2.12. The van der Waals surface area contributed by atoms with E-state index in [9.17, 15) is 4.79 Å². The Bertz CT molecular complexity index is 1160. The lowest BCUT2D eigenvalue weighted by molar-refractivity contribution is 0.102. The summed E-state index contributed by atoms with van der Waals surface area (Å²) in [5.74, 6) is 0.311. The van der Waals surface area contributed by atoms with E-state index in [0.717, 1.165) is 27.5 Å². The van der Waals surface area contributed by atoms with Crippen molar-refractivity contribution in [3.8, 4) is 10.6 Å². The minimum Gasteiger partial charge on any atom is -0.304 e. The number of rotatable bonds is 5. The van der Waals surface area contributed by atoms with E-state index < -0.39 is 0 Å². The summed E-state index contributed by atoms with van der Waals surface area (Å²) in [5, 5.41) is 8.14. The molecule has 29 heavy (non-hydrogen) atoms. The van der Waals surface area contributed by atoms with Gasteiger partial charge in [-0.1, -0.05) is 29.8 Å². The minimum atomic E-state index is -0.195. The number of aromatic nitrogens is 4. The molecule has 1 aromatic carbocycles. The molecular formula is C22H21N5OS. The second-order valence-electron chi connectivity index (χ2n) is 6.93. The van der Waals surface area contributed by atoms with Crippen LogP contribution < -0.4 is 5.32 Å². The van der Waals surface area contributed by atoms with E-state index in [1.54, 1.807) is 16.9 Å². The summed E-state index contributed by atoms with van der Waals surface area (Å²) in [6.07, 6.45) is 3.58. The van der Waals surface area contributed by atoms with Crippen molar-refractivity contribution >= 4 is 23.1 Å². The summed E-state index contributed by atoms with van der Waals surface area (Å²) in [5.41, 5.74) is 5.04. The van der Waals surface area contributed by atoms with Crippen LogP contribution in [0.5, 0.6) is 0 Å². The van der Waals surface area contributed by atoms with E-state index in [0.29, 0.717) is 17.2 Å². The van der Waals surface area contributed by atoms with Gasteiger partial charge in [-0.25, -0.2) is 4.98 Å². The maximum absolute atomic E-state index is 12.8. The summed E-state index contributed by atoms with van der Waals surface area (Å²) < 4.78 is 1.75. The molecule has 3 heterocycles. The molecule has 0 saturated heterocycles. The predicted molar refractivity (Wildman–Crippen MR) is 115 cm³/mol. The van der Waals surface area contributed by atoms with E-state index in [2.05, 4.69) is 52.4 Å². The van der Waals surface area contributed by atoms with Gasteiger partial charge in [-0.2, -0.15) is 5.10 Å². The highest BCUT2D eigenvalue weighted by atomic mass is 32.1. The number of thiazole rings is 1. The van der Waals surface area contributed by atoms with Crippen molar-refractivity contribution in [1.82, 2.24) is 19.7 Å². The average molecular weight is 404 g/mol. The van der Waals surface area contributed by atoms with Crippen molar-refractivity contribution in [3.63, 3.8) is 0 Å². The Labute approximate surface area is 173 Å². The molecular weight excluding hydrogens is 382 g/mol. The van der Waals surface area contributed by atoms with Crippen molar-refractivity contribution in [2.45, 2.75) is 27.3 Å². The molecule has 0 unspecified atom stereocenters. The van der Waals surface area contributed by atoms with Gasteiger partial charge in [0.25, 0.3) is 5.91 Å². The van der Waals surface area contributed by atoms with E-state index in [1.165, 1.54) is 16.9 Å². The van der Waals surface area contributed by atoms with Crippen molar-refractivity contribution in [2.24, 2.45) is 0 Å². The van der Waals surface area contributed by atoms with Gasteiger partial charge >= 0.3 is 0 Å². The van der Waals surface area contributed by atoms with Crippen LogP contribution in [0.1, 0.15) is 32.2 Å². The Kier molecular flexibility index (Phi) is 5.22. The highest BCUT2D eigenvalue weighted by Gasteiger charge is 2.18. The number of hydrogen-bond acceptors (Lipinski definition) is 5. The third-order valence-corrected chi connectivity index (χ3v) is 5.74. The number of hydrogen-bond donors (Lipinski definition) is 1. The summed E-state index contributed by atoms with van der Waals surface area (Å²) in [4.78, 5) is 22.3. The number of pyridine rings is 1. The third-order valence-electron chi connectivity index (χ3n) is 4.55. The zero-order valence-electron chi connectivity index (χ0n) is 16.5. The molecule has 0 bridgehead atoms. The number of benzene rings is 1. The molecule has 7 heteroatoms. The Balaban J connectivity index is 1.50. The lowest BCUT2D eigenvalue weighted by atomic mass is 10.1. The smallest absolute Gasteiger partial charge is 0.268 e. The molecule has 0 fully saturated rings. The van der Waals surface area contributed by atoms with E-state index in [-0.39, 0.29) is 5.91 Å². The molecule has 0 aliphatic heterocycles. The van der Waals surface area contributed by atoms with Crippen LogP contribution in [-0.4, -0.2) is 25.7 Å². The van der Waals surface area contributed by atoms with Gasteiger partial charge < -0.3 is 5.32 Å². The number of carbonyl (C=O) groups excluding carboxylic acids is 1. The fourth-order valence-corrected chi connectivity index (χ4v) is 4.17. The summed E-state index contributed by atoms with van der Waals surface area (Å²) in [7, 11) is 0. The van der Waals surface area contributed by atoms with Gasteiger partial charge in [0.1, 0.15) is 9.88 Å². The topological polar surface area (TPSA) is 72.7 Å². The standard InChI is InChI=1S/C22H21N5OS/c1-14-7-8-18(15(2)12-14)22-24-16(3)20(29-22)21(28)25-19-9-11-27(26-19)13-17-6-4-5-10-23-17/h4-12H,13H2,1-3H3,(H,25,26,28). The van der Waals surface area contributed by atoms with E-state index in [4.69, 9.17) is 0 Å². The summed E-state index contributed by atoms with van der Waals surface area (Å²) >= 11 is 1.40. The molecule has 0 saturated carbocycles. The highest BCUT2D eigenvalue weighted by Crippen LogP contribution is 2.31.